The van der Waals surface area contributed by atoms with E-state index in [-0.39, 0.29) is 5.78 Å². The number of aromatic nitrogens is 1. The average Bonchev–Trinajstić information content (AvgIpc) is 2.89. The van der Waals surface area contributed by atoms with Crippen LogP contribution in [-0.4, -0.2) is 16.8 Å². The fraction of sp³-hybridized carbons (Fsp3) is 0.375. The molecular weight excluding hydrogens is 282 g/mol. The highest BCUT2D eigenvalue weighted by Gasteiger charge is 2.20. The predicted molar refractivity (Wildman–Crippen MR) is 86.9 cm³/mol. The summed E-state index contributed by atoms with van der Waals surface area (Å²) >= 11 is 1.36. The van der Waals surface area contributed by atoms with Crippen LogP contribution in [0.25, 0.3) is 0 Å². The summed E-state index contributed by atoms with van der Waals surface area (Å²) in [5.41, 5.74) is 6.57. The molecule has 0 saturated heterocycles. The van der Waals surface area contributed by atoms with Gasteiger partial charge < -0.3 is 11.1 Å². The zero-order valence-electron chi connectivity index (χ0n) is 11.8. The third-order valence-corrected chi connectivity index (χ3v) is 4.83. The standard InChI is InChI=1S/C16H19N3OS/c17-15-14(13(20)11-7-3-1-4-8-11)21-16(19-15)18-12-9-5-2-6-10-12/h1,3-4,7-8,12H,2,5-6,9-10,17H2,(H,18,19). The number of carbonyl (C=O) groups excluding carboxylic acids is 1. The number of hydrogen-bond donors (Lipinski definition) is 2. The van der Waals surface area contributed by atoms with Gasteiger partial charge in [-0.3, -0.25) is 4.79 Å². The number of anilines is 2. The van der Waals surface area contributed by atoms with Crippen molar-refractivity contribution in [1.29, 1.82) is 0 Å². The molecule has 3 rings (SSSR count). The first-order valence-corrected chi connectivity index (χ1v) is 8.18. The molecule has 0 amide bonds. The number of rotatable bonds is 4. The van der Waals surface area contributed by atoms with Gasteiger partial charge in [-0.25, -0.2) is 4.98 Å². The van der Waals surface area contributed by atoms with Crippen molar-refractivity contribution in [3.05, 3.63) is 40.8 Å². The molecule has 21 heavy (non-hydrogen) atoms. The van der Waals surface area contributed by atoms with E-state index in [0.717, 1.165) is 5.13 Å². The van der Waals surface area contributed by atoms with Gasteiger partial charge in [0.25, 0.3) is 0 Å². The number of thiazole rings is 1. The predicted octanol–water partition coefficient (Wildman–Crippen LogP) is 3.70. The van der Waals surface area contributed by atoms with Crippen LogP contribution in [0, 0.1) is 0 Å². The van der Waals surface area contributed by atoms with E-state index in [4.69, 9.17) is 5.73 Å². The lowest BCUT2D eigenvalue weighted by Gasteiger charge is -2.22. The van der Waals surface area contributed by atoms with Gasteiger partial charge in [0.1, 0.15) is 10.7 Å². The molecule has 3 N–H and O–H groups in total. The Bertz CT molecular complexity index is 618. The second kappa shape index (κ2) is 6.26. The second-order valence-electron chi connectivity index (χ2n) is 5.41. The van der Waals surface area contributed by atoms with Gasteiger partial charge in [-0.15, -0.1) is 0 Å². The van der Waals surface area contributed by atoms with Gasteiger partial charge in [-0.1, -0.05) is 60.9 Å². The Hall–Kier alpha value is -1.88. The van der Waals surface area contributed by atoms with Gasteiger partial charge >= 0.3 is 0 Å². The van der Waals surface area contributed by atoms with Crippen LogP contribution in [0.15, 0.2) is 30.3 Å². The average molecular weight is 301 g/mol. The van der Waals surface area contributed by atoms with Gasteiger partial charge in [-0.2, -0.15) is 0 Å². The molecule has 0 radical (unpaired) electrons. The highest BCUT2D eigenvalue weighted by atomic mass is 32.1. The van der Waals surface area contributed by atoms with E-state index in [2.05, 4.69) is 10.3 Å². The molecule has 1 aromatic carbocycles. The fourth-order valence-electron chi connectivity index (χ4n) is 2.70. The van der Waals surface area contributed by atoms with E-state index >= 15 is 0 Å². The van der Waals surface area contributed by atoms with E-state index in [1.54, 1.807) is 12.1 Å². The molecule has 0 aliphatic heterocycles. The largest absolute Gasteiger partial charge is 0.382 e. The Kier molecular flexibility index (Phi) is 4.20. The first kappa shape index (κ1) is 14.1. The van der Waals surface area contributed by atoms with Gasteiger partial charge in [0, 0.05) is 11.6 Å². The molecule has 1 fully saturated rings. The van der Waals surface area contributed by atoms with Gasteiger partial charge in [-0.05, 0) is 12.8 Å². The van der Waals surface area contributed by atoms with Crippen molar-refractivity contribution in [1.82, 2.24) is 4.98 Å². The topological polar surface area (TPSA) is 68.0 Å². The second-order valence-corrected chi connectivity index (χ2v) is 6.41. The summed E-state index contributed by atoms with van der Waals surface area (Å²) in [6, 6.07) is 9.66. The molecule has 0 spiro atoms. The van der Waals surface area contributed by atoms with Gasteiger partial charge in [0.15, 0.2) is 5.13 Å². The SMILES string of the molecule is Nc1nc(NC2CCCCC2)sc1C(=O)c1ccccc1. The summed E-state index contributed by atoms with van der Waals surface area (Å²) in [4.78, 5) is 17.3. The van der Waals surface area contributed by atoms with E-state index in [1.807, 2.05) is 18.2 Å². The maximum absolute atomic E-state index is 12.4. The molecule has 1 aliphatic rings. The summed E-state index contributed by atoms with van der Waals surface area (Å²) < 4.78 is 0. The smallest absolute Gasteiger partial charge is 0.206 e. The number of nitrogen functional groups attached to an aromatic ring is 1. The number of nitrogens with zero attached hydrogens (tertiary/aromatic N) is 1. The van der Waals surface area contributed by atoms with Crippen molar-refractivity contribution in [2.45, 2.75) is 38.1 Å². The quantitative estimate of drug-likeness (QED) is 0.845. The molecule has 110 valence electrons. The summed E-state index contributed by atoms with van der Waals surface area (Å²) in [6.07, 6.45) is 6.17. The van der Waals surface area contributed by atoms with Crippen molar-refractivity contribution in [3.8, 4) is 0 Å². The number of carbonyl (C=O) groups is 1. The number of ketones is 1. The highest BCUT2D eigenvalue weighted by molar-refractivity contribution is 7.18. The van der Waals surface area contributed by atoms with Crippen LogP contribution in [-0.2, 0) is 0 Å². The molecule has 0 unspecified atom stereocenters. The lowest BCUT2D eigenvalue weighted by molar-refractivity contribution is 0.104. The van der Waals surface area contributed by atoms with Crippen LogP contribution < -0.4 is 11.1 Å². The first-order valence-electron chi connectivity index (χ1n) is 7.36. The Morgan fingerprint density at radius 2 is 1.90 bits per heavy atom. The molecule has 1 aliphatic carbocycles. The third-order valence-electron chi connectivity index (χ3n) is 3.83. The van der Waals surface area contributed by atoms with Crippen LogP contribution >= 0.6 is 11.3 Å². The van der Waals surface area contributed by atoms with Crippen molar-refractivity contribution >= 4 is 28.1 Å². The minimum atomic E-state index is -0.0534. The summed E-state index contributed by atoms with van der Waals surface area (Å²) in [5, 5.41) is 4.19. The molecule has 1 saturated carbocycles. The number of nitrogens with one attached hydrogen (secondary N) is 1. The number of hydrogen-bond acceptors (Lipinski definition) is 5. The molecule has 2 aromatic rings. The monoisotopic (exact) mass is 301 g/mol. The Morgan fingerprint density at radius 3 is 2.62 bits per heavy atom. The van der Waals surface area contributed by atoms with Crippen LogP contribution in [0.4, 0.5) is 10.9 Å². The highest BCUT2D eigenvalue weighted by Crippen LogP contribution is 2.30. The van der Waals surface area contributed by atoms with Crippen LogP contribution in [0.3, 0.4) is 0 Å². The zero-order chi connectivity index (χ0) is 14.7. The molecule has 5 heteroatoms. The number of nitrogens with two attached hydrogens (primary N) is 1. The van der Waals surface area contributed by atoms with Crippen molar-refractivity contribution in [2.24, 2.45) is 0 Å². The Balaban J connectivity index is 1.76. The van der Waals surface area contributed by atoms with Crippen molar-refractivity contribution in [2.75, 3.05) is 11.1 Å². The summed E-state index contributed by atoms with van der Waals surface area (Å²) in [5.74, 6) is 0.273. The van der Waals surface area contributed by atoms with Gasteiger partial charge in [0.05, 0.1) is 0 Å². The zero-order valence-corrected chi connectivity index (χ0v) is 12.7. The van der Waals surface area contributed by atoms with E-state index in [0.29, 0.717) is 22.3 Å². The minimum Gasteiger partial charge on any atom is -0.382 e. The van der Waals surface area contributed by atoms with Gasteiger partial charge in [0.2, 0.25) is 5.78 Å². The van der Waals surface area contributed by atoms with Crippen LogP contribution in [0.1, 0.15) is 47.3 Å². The van der Waals surface area contributed by atoms with Crippen LogP contribution in [0.5, 0.6) is 0 Å². The maximum atomic E-state index is 12.4. The van der Waals surface area contributed by atoms with Crippen molar-refractivity contribution in [3.63, 3.8) is 0 Å². The lowest BCUT2D eigenvalue weighted by Crippen LogP contribution is -2.22. The summed E-state index contributed by atoms with van der Waals surface area (Å²) in [7, 11) is 0. The molecular formula is C16H19N3OS. The van der Waals surface area contributed by atoms with E-state index in [9.17, 15) is 4.79 Å². The number of benzene rings is 1. The fourth-order valence-corrected chi connectivity index (χ4v) is 3.62. The maximum Gasteiger partial charge on any atom is 0.206 e. The molecule has 1 heterocycles. The normalized spacial score (nSPS) is 15.8. The van der Waals surface area contributed by atoms with E-state index < -0.39 is 0 Å². The molecule has 1 aromatic heterocycles. The molecule has 0 bridgehead atoms. The molecule has 4 nitrogen and oxygen atoms in total. The minimum absolute atomic E-state index is 0.0534. The Morgan fingerprint density at radius 1 is 1.19 bits per heavy atom. The third kappa shape index (κ3) is 3.24. The summed E-state index contributed by atoms with van der Waals surface area (Å²) in [6.45, 7) is 0. The van der Waals surface area contributed by atoms with Crippen molar-refractivity contribution < 1.29 is 4.79 Å². The first-order chi connectivity index (χ1) is 10.2. The van der Waals surface area contributed by atoms with Crippen LogP contribution in [0.2, 0.25) is 0 Å². The molecule has 0 atom stereocenters. The Labute approximate surface area is 128 Å². The lowest BCUT2D eigenvalue weighted by atomic mass is 9.96. The van der Waals surface area contributed by atoms with E-state index in [1.165, 1.54) is 43.4 Å².